The van der Waals surface area contributed by atoms with Crippen LogP contribution >= 0.6 is 0 Å². The van der Waals surface area contributed by atoms with E-state index in [-0.39, 0.29) is 0 Å². The first-order valence-corrected chi connectivity index (χ1v) is 5.65. The molecular weight excluding hydrogens is 162 g/mol. The van der Waals surface area contributed by atoms with Crippen LogP contribution in [-0.2, 0) is 4.74 Å². The number of unbranched alkanes of at least 4 members (excludes halogenated alkanes) is 1. The zero-order chi connectivity index (χ0) is 9.94. The van der Waals surface area contributed by atoms with Gasteiger partial charge in [0, 0.05) is 19.7 Å². The fourth-order valence-electron chi connectivity index (χ4n) is 1.31. The van der Waals surface area contributed by atoms with Crippen LogP contribution in [0.25, 0.3) is 0 Å². The Hall–Kier alpha value is -0.0800. The van der Waals surface area contributed by atoms with Crippen molar-refractivity contribution in [1.82, 2.24) is 4.90 Å². The summed E-state index contributed by atoms with van der Waals surface area (Å²) in [4.78, 5) is 2.38. The van der Waals surface area contributed by atoms with E-state index in [4.69, 9.17) is 4.74 Å². The molecular formula is C11H25NO. The number of ether oxygens (including phenoxy) is 1. The van der Waals surface area contributed by atoms with Crippen LogP contribution in [0.3, 0.4) is 0 Å². The molecule has 2 heteroatoms. The van der Waals surface area contributed by atoms with Crippen LogP contribution in [0.2, 0.25) is 0 Å². The van der Waals surface area contributed by atoms with Crippen molar-refractivity contribution in [2.45, 2.75) is 46.5 Å². The Kier molecular flexibility index (Phi) is 9.94. The van der Waals surface area contributed by atoms with E-state index in [1.54, 1.807) is 0 Å². The Bertz CT molecular complexity index is 90.1. The minimum atomic E-state index is 0.821. The van der Waals surface area contributed by atoms with Gasteiger partial charge in [0.2, 0.25) is 0 Å². The minimum Gasteiger partial charge on any atom is -0.366 e. The number of hydrogen-bond acceptors (Lipinski definition) is 2. The summed E-state index contributed by atoms with van der Waals surface area (Å²) in [5, 5.41) is 0. The predicted octanol–water partition coefficient (Wildman–Crippen LogP) is 2.88. The molecule has 0 rings (SSSR count). The van der Waals surface area contributed by atoms with Crippen LogP contribution in [0.5, 0.6) is 0 Å². The number of nitrogens with zero attached hydrogens (tertiary/aromatic N) is 1. The van der Waals surface area contributed by atoms with Crippen molar-refractivity contribution in [3.8, 4) is 0 Å². The van der Waals surface area contributed by atoms with Gasteiger partial charge in [-0.2, -0.15) is 0 Å². The summed E-state index contributed by atoms with van der Waals surface area (Å²) >= 11 is 0. The van der Waals surface area contributed by atoms with Gasteiger partial charge in [0.15, 0.2) is 0 Å². The highest BCUT2D eigenvalue weighted by molar-refractivity contribution is 4.49. The molecule has 0 aliphatic carbocycles. The summed E-state index contributed by atoms with van der Waals surface area (Å²) < 4.78 is 5.57. The smallest absolute Gasteiger partial charge is 0.0990 e. The second-order valence-electron chi connectivity index (χ2n) is 3.51. The fraction of sp³-hybridized carbons (Fsp3) is 1.00. The highest BCUT2D eigenvalue weighted by Crippen LogP contribution is 1.96. The molecule has 0 spiro atoms. The third-order valence-electron chi connectivity index (χ3n) is 2.00. The monoisotopic (exact) mass is 187 g/mol. The summed E-state index contributed by atoms with van der Waals surface area (Å²) in [5.41, 5.74) is 0. The Morgan fingerprint density at radius 2 is 1.54 bits per heavy atom. The standard InChI is InChI=1S/C11H25NO/c1-4-7-10-13-11-12(8-5-2)9-6-3/h4-11H2,1-3H3. The highest BCUT2D eigenvalue weighted by atomic mass is 16.5. The van der Waals surface area contributed by atoms with E-state index in [0.29, 0.717) is 0 Å². The van der Waals surface area contributed by atoms with Crippen molar-refractivity contribution in [3.05, 3.63) is 0 Å². The van der Waals surface area contributed by atoms with Crippen molar-refractivity contribution >= 4 is 0 Å². The predicted molar refractivity (Wildman–Crippen MR) is 57.9 cm³/mol. The van der Waals surface area contributed by atoms with E-state index in [2.05, 4.69) is 25.7 Å². The summed E-state index contributed by atoms with van der Waals surface area (Å²) in [6.45, 7) is 10.7. The molecule has 0 aliphatic heterocycles. The van der Waals surface area contributed by atoms with Crippen molar-refractivity contribution in [2.24, 2.45) is 0 Å². The average Bonchev–Trinajstić information content (AvgIpc) is 2.13. The number of hydrogen-bond donors (Lipinski definition) is 0. The average molecular weight is 187 g/mol. The van der Waals surface area contributed by atoms with E-state index >= 15 is 0 Å². The van der Waals surface area contributed by atoms with Crippen LogP contribution in [0, 0.1) is 0 Å². The van der Waals surface area contributed by atoms with Gasteiger partial charge in [-0.25, -0.2) is 0 Å². The Balaban J connectivity index is 3.33. The third kappa shape index (κ3) is 8.26. The molecule has 2 nitrogen and oxygen atoms in total. The quantitative estimate of drug-likeness (QED) is 0.406. The van der Waals surface area contributed by atoms with Gasteiger partial charge in [0.05, 0.1) is 6.73 Å². The molecule has 0 fully saturated rings. The molecule has 0 N–H and O–H groups in total. The van der Waals surface area contributed by atoms with E-state index in [1.165, 1.54) is 38.8 Å². The normalized spacial score (nSPS) is 11.1. The Morgan fingerprint density at radius 1 is 0.923 bits per heavy atom. The maximum atomic E-state index is 5.57. The van der Waals surface area contributed by atoms with Crippen LogP contribution in [0.4, 0.5) is 0 Å². The lowest BCUT2D eigenvalue weighted by Gasteiger charge is -2.20. The van der Waals surface area contributed by atoms with Gasteiger partial charge < -0.3 is 4.74 Å². The topological polar surface area (TPSA) is 12.5 Å². The van der Waals surface area contributed by atoms with Gasteiger partial charge in [-0.05, 0) is 19.3 Å². The third-order valence-corrected chi connectivity index (χ3v) is 2.00. The van der Waals surface area contributed by atoms with E-state index < -0.39 is 0 Å². The second kappa shape index (κ2) is 10.0. The molecule has 0 aromatic heterocycles. The molecule has 0 saturated carbocycles. The SMILES string of the molecule is CCCCOCN(CCC)CCC. The molecule has 0 aliphatic rings. The summed E-state index contributed by atoms with van der Waals surface area (Å²) in [7, 11) is 0. The van der Waals surface area contributed by atoms with E-state index in [9.17, 15) is 0 Å². The van der Waals surface area contributed by atoms with Crippen molar-refractivity contribution < 1.29 is 4.74 Å². The largest absolute Gasteiger partial charge is 0.366 e. The second-order valence-corrected chi connectivity index (χ2v) is 3.51. The van der Waals surface area contributed by atoms with Gasteiger partial charge in [-0.1, -0.05) is 27.2 Å². The zero-order valence-electron chi connectivity index (χ0n) is 9.51. The summed E-state index contributed by atoms with van der Waals surface area (Å²) in [6.07, 6.45) is 4.85. The maximum absolute atomic E-state index is 5.57. The Labute approximate surface area is 83.3 Å². The van der Waals surface area contributed by atoms with Crippen molar-refractivity contribution in [3.63, 3.8) is 0 Å². The molecule has 0 bridgehead atoms. The molecule has 0 aromatic rings. The summed E-state index contributed by atoms with van der Waals surface area (Å²) in [5.74, 6) is 0. The first-order chi connectivity index (χ1) is 6.35. The first kappa shape index (κ1) is 12.9. The van der Waals surface area contributed by atoms with Gasteiger partial charge in [-0.15, -0.1) is 0 Å². The van der Waals surface area contributed by atoms with Crippen LogP contribution in [-0.4, -0.2) is 31.3 Å². The minimum absolute atomic E-state index is 0.821. The highest BCUT2D eigenvalue weighted by Gasteiger charge is 2.00. The van der Waals surface area contributed by atoms with Gasteiger partial charge in [-0.3, -0.25) is 4.90 Å². The maximum Gasteiger partial charge on any atom is 0.0990 e. The van der Waals surface area contributed by atoms with Gasteiger partial charge in [0.25, 0.3) is 0 Å². The first-order valence-electron chi connectivity index (χ1n) is 5.65. The summed E-state index contributed by atoms with van der Waals surface area (Å²) in [6, 6.07) is 0. The molecule has 0 aromatic carbocycles. The fourth-order valence-corrected chi connectivity index (χ4v) is 1.31. The van der Waals surface area contributed by atoms with Crippen LogP contribution in [0.1, 0.15) is 46.5 Å². The molecule has 80 valence electrons. The Morgan fingerprint density at radius 3 is 2.00 bits per heavy atom. The lowest BCUT2D eigenvalue weighted by Crippen LogP contribution is -2.28. The molecule has 0 radical (unpaired) electrons. The molecule has 0 heterocycles. The molecule has 0 amide bonds. The van der Waals surface area contributed by atoms with E-state index in [0.717, 1.165) is 13.3 Å². The van der Waals surface area contributed by atoms with Gasteiger partial charge >= 0.3 is 0 Å². The van der Waals surface area contributed by atoms with Crippen LogP contribution in [0.15, 0.2) is 0 Å². The molecule has 0 unspecified atom stereocenters. The molecule has 0 atom stereocenters. The van der Waals surface area contributed by atoms with Crippen molar-refractivity contribution in [2.75, 3.05) is 26.4 Å². The van der Waals surface area contributed by atoms with Crippen molar-refractivity contribution in [1.29, 1.82) is 0 Å². The molecule has 13 heavy (non-hydrogen) atoms. The number of rotatable bonds is 9. The lowest BCUT2D eigenvalue weighted by molar-refractivity contribution is 0.0272. The van der Waals surface area contributed by atoms with Crippen LogP contribution < -0.4 is 0 Å². The van der Waals surface area contributed by atoms with Gasteiger partial charge in [0.1, 0.15) is 0 Å². The molecule has 0 saturated heterocycles. The zero-order valence-corrected chi connectivity index (χ0v) is 9.51. The lowest BCUT2D eigenvalue weighted by atomic mass is 10.4. The van der Waals surface area contributed by atoms with E-state index in [1.807, 2.05) is 0 Å².